The Hall–Kier alpha value is -2.14. The number of nitrogens with one attached hydrogen (secondary N) is 1. The van der Waals surface area contributed by atoms with Gasteiger partial charge in [0.1, 0.15) is 5.75 Å². The Labute approximate surface area is 125 Å². The molecule has 0 aliphatic rings. The van der Waals surface area contributed by atoms with Crippen LogP contribution in [0.4, 0.5) is 0 Å². The number of likely N-dealkylation sites (N-methyl/N-ethyl adjacent to an activating group) is 1. The Morgan fingerprint density at radius 3 is 2.71 bits per heavy atom. The molecule has 1 aromatic carbocycles. The Balaban J connectivity index is 2.10. The predicted octanol–water partition coefficient (Wildman–Crippen LogP) is 2.79. The average Bonchev–Trinajstić information content (AvgIpc) is 2.94. The first-order valence-electron chi connectivity index (χ1n) is 6.95. The van der Waals surface area contributed by atoms with E-state index in [1.807, 2.05) is 44.3 Å². The first-order chi connectivity index (χ1) is 10.1. The molecule has 21 heavy (non-hydrogen) atoms. The molecule has 0 saturated heterocycles. The van der Waals surface area contributed by atoms with E-state index in [0.717, 1.165) is 23.3 Å². The number of nitrogens with zero attached hydrogens (tertiary/aromatic N) is 2. The van der Waals surface area contributed by atoms with E-state index in [4.69, 9.17) is 9.26 Å². The van der Waals surface area contributed by atoms with Crippen LogP contribution in [0.2, 0.25) is 0 Å². The van der Waals surface area contributed by atoms with E-state index in [1.165, 1.54) is 0 Å². The van der Waals surface area contributed by atoms with Crippen LogP contribution in [0.15, 0.2) is 28.8 Å². The molecule has 1 unspecified atom stereocenters. The number of ether oxygens (including phenoxy) is 1. The summed E-state index contributed by atoms with van der Waals surface area (Å²) in [6, 6.07) is 8.19. The molecular formula is C16H21N3O2. The van der Waals surface area contributed by atoms with Gasteiger partial charge in [0.05, 0.1) is 7.11 Å². The van der Waals surface area contributed by atoms with Crippen LogP contribution in [0.3, 0.4) is 0 Å². The second-order valence-corrected chi connectivity index (χ2v) is 5.00. The van der Waals surface area contributed by atoms with Crippen LogP contribution < -0.4 is 10.1 Å². The smallest absolute Gasteiger partial charge is 0.250 e. The molecule has 0 radical (unpaired) electrons. The molecule has 0 spiro atoms. The topological polar surface area (TPSA) is 60.2 Å². The fourth-order valence-electron chi connectivity index (χ4n) is 1.91. The number of methoxy groups -OCH3 is 1. The molecule has 0 fully saturated rings. The zero-order chi connectivity index (χ0) is 15.2. The molecule has 2 rings (SSSR count). The Morgan fingerprint density at radius 2 is 2.10 bits per heavy atom. The number of aromatic nitrogens is 2. The summed E-state index contributed by atoms with van der Waals surface area (Å²) in [5.74, 6) is 2.08. The summed E-state index contributed by atoms with van der Waals surface area (Å²) in [7, 11) is 3.57. The van der Waals surface area contributed by atoms with Crippen molar-refractivity contribution in [3.8, 4) is 5.75 Å². The van der Waals surface area contributed by atoms with Crippen molar-refractivity contribution in [2.75, 3.05) is 14.2 Å². The van der Waals surface area contributed by atoms with Gasteiger partial charge < -0.3 is 14.6 Å². The summed E-state index contributed by atoms with van der Waals surface area (Å²) < 4.78 is 10.4. The Kier molecular flexibility index (Phi) is 5.11. The maximum Gasteiger partial charge on any atom is 0.250 e. The van der Waals surface area contributed by atoms with Gasteiger partial charge >= 0.3 is 0 Å². The quantitative estimate of drug-likeness (QED) is 0.885. The first-order valence-corrected chi connectivity index (χ1v) is 6.95. The maximum atomic E-state index is 5.26. The predicted molar refractivity (Wildman–Crippen MR) is 83.1 cm³/mol. The molecule has 112 valence electrons. The third kappa shape index (κ3) is 4.16. The van der Waals surface area contributed by atoms with Gasteiger partial charge in [-0.1, -0.05) is 17.3 Å². The van der Waals surface area contributed by atoms with Crippen LogP contribution in [0.5, 0.6) is 5.75 Å². The number of rotatable bonds is 6. The van der Waals surface area contributed by atoms with Crippen LogP contribution >= 0.6 is 0 Å². The third-order valence-electron chi connectivity index (χ3n) is 3.35. The summed E-state index contributed by atoms with van der Waals surface area (Å²) in [5, 5.41) is 7.14. The van der Waals surface area contributed by atoms with Crippen molar-refractivity contribution in [2.24, 2.45) is 0 Å². The normalized spacial score (nSPS) is 13.2. The van der Waals surface area contributed by atoms with E-state index < -0.39 is 0 Å². The summed E-state index contributed by atoms with van der Waals surface area (Å²) in [6.45, 7) is 4.09. The Bertz CT molecular complexity index is 602. The number of benzene rings is 1. The van der Waals surface area contributed by atoms with E-state index in [-0.39, 0.29) is 0 Å². The highest BCUT2D eigenvalue weighted by molar-refractivity contribution is 5.77. The fraction of sp³-hybridized carbons (Fsp3) is 0.375. The number of hydrogen-bond donors (Lipinski definition) is 1. The van der Waals surface area contributed by atoms with Crippen molar-refractivity contribution < 1.29 is 9.26 Å². The van der Waals surface area contributed by atoms with E-state index in [1.54, 1.807) is 7.11 Å². The molecule has 0 aliphatic heterocycles. The molecule has 5 nitrogen and oxygen atoms in total. The van der Waals surface area contributed by atoms with Crippen molar-refractivity contribution >= 4 is 11.6 Å². The lowest BCUT2D eigenvalue weighted by atomic mass is 10.1. The molecule has 0 bridgehead atoms. The minimum Gasteiger partial charge on any atom is -0.497 e. The van der Waals surface area contributed by atoms with E-state index >= 15 is 0 Å². The van der Waals surface area contributed by atoms with Crippen molar-refractivity contribution in [2.45, 2.75) is 26.3 Å². The van der Waals surface area contributed by atoms with Crippen molar-refractivity contribution in [1.29, 1.82) is 0 Å². The zero-order valence-corrected chi connectivity index (χ0v) is 12.9. The van der Waals surface area contributed by atoms with Crippen molar-refractivity contribution in [3.05, 3.63) is 41.5 Å². The molecule has 1 N–H and O–H groups in total. The highest BCUT2D eigenvalue weighted by atomic mass is 16.5. The highest BCUT2D eigenvalue weighted by Gasteiger charge is 2.08. The van der Waals surface area contributed by atoms with Gasteiger partial charge in [0.25, 0.3) is 5.89 Å². The average molecular weight is 287 g/mol. The van der Waals surface area contributed by atoms with Gasteiger partial charge in [0, 0.05) is 18.5 Å². The molecule has 2 aromatic rings. The van der Waals surface area contributed by atoms with E-state index in [2.05, 4.69) is 22.4 Å². The summed E-state index contributed by atoms with van der Waals surface area (Å²) in [6.07, 6.45) is 2.64. The van der Waals surface area contributed by atoms with Gasteiger partial charge in [-0.25, -0.2) is 0 Å². The second kappa shape index (κ2) is 7.04. The minimum absolute atomic E-state index is 0.321. The molecule has 1 heterocycles. The van der Waals surface area contributed by atoms with Gasteiger partial charge in [-0.05, 0) is 44.2 Å². The maximum absolute atomic E-state index is 5.26. The van der Waals surface area contributed by atoms with Crippen molar-refractivity contribution in [1.82, 2.24) is 15.5 Å². The van der Waals surface area contributed by atoms with Crippen LogP contribution in [-0.2, 0) is 6.42 Å². The largest absolute Gasteiger partial charge is 0.497 e. The molecular weight excluding hydrogens is 266 g/mol. The van der Waals surface area contributed by atoms with Crippen LogP contribution in [0, 0.1) is 0 Å². The Morgan fingerprint density at radius 1 is 1.38 bits per heavy atom. The van der Waals surface area contributed by atoms with Gasteiger partial charge in [-0.15, -0.1) is 0 Å². The standard InChI is InChI=1S/C16H21N3O2/c1-11(13-5-7-14(20-4)8-6-13)9-16-18-15(19-21-16)10-12(2)17-3/h5-9,12,17H,10H2,1-4H3/b11-9+. The van der Waals surface area contributed by atoms with E-state index in [0.29, 0.717) is 17.8 Å². The second-order valence-electron chi connectivity index (χ2n) is 5.00. The fourth-order valence-corrected chi connectivity index (χ4v) is 1.91. The van der Waals surface area contributed by atoms with Gasteiger partial charge in [0.15, 0.2) is 5.82 Å². The molecule has 1 aromatic heterocycles. The lowest BCUT2D eigenvalue weighted by Gasteiger charge is -2.04. The van der Waals surface area contributed by atoms with Crippen molar-refractivity contribution in [3.63, 3.8) is 0 Å². The number of hydrogen-bond acceptors (Lipinski definition) is 5. The van der Waals surface area contributed by atoms with E-state index in [9.17, 15) is 0 Å². The molecule has 0 amide bonds. The molecule has 0 aliphatic carbocycles. The highest BCUT2D eigenvalue weighted by Crippen LogP contribution is 2.20. The van der Waals surface area contributed by atoms with Crippen LogP contribution in [0.1, 0.15) is 31.1 Å². The molecule has 0 saturated carbocycles. The first kappa shape index (κ1) is 15.3. The SMILES string of the molecule is CNC(C)Cc1noc(/C=C(\C)c2ccc(OC)cc2)n1. The van der Waals surface area contributed by atoms with Crippen LogP contribution in [0.25, 0.3) is 11.6 Å². The molecule has 1 atom stereocenters. The van der Waals surface area contributed by atoms with Gasteiger partial charge in [-0.2, -0.15) is 4.98 Å². The lowest BCUT2D eigenvalue weighted by molar-refractivity contribution is 0.400. The zero-order valence-electron chi connectivity index (χ0n) is 12.9. The van der Waals surface area contributed by atoms with Gasteiger partial charge in [-0.3, -0.25) is 0 Å². The summed E-state index contributed by atoms with van der Waals surface area (Å²) in [5.41, 5.74) is 2.16. The number of allylic oxidation sites excluding steroid dienone is 1. The monoisotopic (exact) mass is 287 g/mol. The molecule has 5 heteroatoms. The summed E-state index contributed by atoms with van der Waals surface area (Å²) in [4.78, 5) is 4.38. The summed E-state index contributed by atoms with van der Waals surface area (Å²) >= 11 is 0. The third-order valence-corrected chi connectivity index (χ3v) is 3.35. The lowest BCUT2D eigenvalue weighted by Crippen LogP contribution is -2.24. The minimum atomic E-state index is 0.321. The van der Waals surface area contributed by atoms with Gasteiger partial charge in [0.2, 0.25) is 0 Å². The van der Waals surface area contributed by atoms with Crippen LogP contribution in [-0.4, -0.2) is 30.3 Å².